The summed E-state index contributed by atoms with van der Waals surface area (Å²) in [6.07, 6.45) is -0.109. The molecule has 1 aliphatic heterocycles. The molecule has 8 heteroatoms. The molecule has 1 aliphatic rings. The SMILES string of the molecule is COc1cc(NC(=O)[C@@H]2CCO[C@H]2c2ccc(Cl)c(F)c2)ccc1C(=O)O. The number of carboxylic acids is 1. The summed E-state index contributed by atoms with van der Waals surface area (Å²) in [6, 6.07) is 8.60. The maximum atomic E-state index is 13.7. The Morgan fingerprint density at radius 1 is 1.30 bits per heavy atom. The molecule has 1 amide bonds. The Bertz CT molecular complexity index is 888. The van der Waals surface area contributed by atoms with Crippen LogP contribution in [0.5, 0.6) is 5.75 Å². The van der Waals surface area contributed by atoms with E-state index in [1.165, 1.54) is 37.4 Å². The van der Waals surface area contributed by atoms with Crippen LogP contribution in [0.1, 0.15) is 28.4 Å². The molecule has 1 heterocycles. The molecule has 0 aromatic heterocycles. The van der Waals surface area contributed by atoms with Crippen LogP contribution in [0.4, 0.5) is 10.1 Å². The molecule has 27 heavy (non-hydrogen) atoms. The Labute approximate surface area is 159 Å². The van der Waals surface area contributed by atoms with Gasteiger partial charge in [-0.2, -0.15) is 0 Å². The van der Waals surface area contributed by atoms with Gasteiger partial charge in [0.25, 0.3) is 0 Å². The Hall–Kier alpha value is -2.64. The maximum Gasteiger partial charge on any atom is 0.339 e. The van der Waals surface area contributed by atoms with E-state index in [9.17, 15) is 14.0 Å². The molecule has 142 valence electrons. The van der Waals surface area contributed by atoms with E-state index in [0.29, 0.717) is 24.3 Å². The minimum atomic E-state index is -1.13. The first-order valence-corrected chi connectivity index (χ1v) is 8.57. The quantitative estimate of drug-likeness (QED) is 0.804. The second-order valence-corrected chi connectivity index (χ2v) is 6.48. The highest BCUT2D eigenvalue weighted by molar-refractivity contribution is 6.30. The van der Waals surface area contributed by atoms with Crippen LogP contribution in [-0.4, -0.2) is 30.7 Å². The van der Waals surface area contributed by atoms with Crippen molar-refractivity contribution in [2.75, 3.05) is 19.0 Å². The molecule has 3 rings (SSSR count). The van der Waals surface area contributed by atoms with Crippen molar-refractivity contribution in [2.24, 2.45) is 5.92 Å². The van der Waals surface area contributed by atoms with E-state index < -0.39 is 23.8 Å². The number of anilines is 1. The fourth-order valence-electron chi connectivity index (χ4n) is 3.06. The van der Waals surface area contributed by atoms with Gasteiger partial charge in [-0.15, -0.1) is 0 Å². The molecular formula is C19H17ClFNO5. The van der Waals surface area contributed by atoms with Gasteiger partial charge in [0.15, 0.2) is 0 Å². The predicted molar refractivity (Wildman–Crippen MR) is 96.8 cm³/mol. The molecule has 0 radical (unpaired) electrons. The minimum Gasteiger partial charge on any atom is -0.496 e. The highest BCUT2D eigenvalue weighted by Gasteiger charge is 2.35. The zero-order chi connectivity index (χ0) is 19.6. The molecule has 6 nitrogen and oxygen atoms in total. The zero-order valence-electron chi connectivity index (χ0n) is 14.4. The molecule has 0 bridgehead atoms. The van der Waals surface area contributed by atoms with Gasteiger partial charge in [0.05, 0.1) is 24.2 Å². The molecule has 0 aliphatic carbocycles. The van der Waals surface area contributed by atoms with E-state index in [1.54, 1.807) is 6.07 Å². The highest BCUT2D eigenvalue weighted by Crippen LogP contribution is 2.36. The smallest absolute Gasteiger partial charge is 0.339 e. The molecule has 2 aromatic rings. The summed E-state index contributed by atoms with van der Waals surface area (Å²) < 4.78 is 24.4. The van der Waals surface area contributed by atoms with E-state index >= 15 is 0 Å². The number of amides is 1. The van der Waals surface area contributed by atoms with Crippen LogP contribution in [0.25, 0.3) is 0 Å². The lowest BCUT2D eigenvalue weighted by molar-refractivity contribution is -0.121. The number of carbonyl (C=O) groups excluding carboxylic acids is 1. The van der Waals surface area contributed by atoms with Crippen LogP contribution in [0.15, 0.2) is 36.4 Å². The van der Waals surface area contributed by atoms with Gasteiger partial charge < -0.3 is 19.9 Å². The molecule has 0 unspecified atom stereocenters. The standard InChI is InChI=1S/C19H17ClFNO5/c1-26-16-9-11(3-4-12(16)19(24)25)22-18(23)13-6-7-27-17(13)10-2-5-14(20)15(21)8-10/h2-5,8-9,13,17H,6-7H2,1H3,(H,22,23)(H,24,25)/t13-,17+/m1/s1. The Morgan fingerprint density at radius 3 is 2.74 bits per heavy atom. The number of halogens is 2. The number of benzene rings is 2. The van der Waals surface area contributed by atoms with E-state index in [4.69, 9.17) is 26.2 Å². The number of carbonyl (C=O) groups is 2. The van der Waals surface area contributed by atoms with E-state index in [0.717, 1.165) is 0 Å². The number of nitrogens with one attached hydrogen (secondary N) is 1. The summed E-state index contributed by atoms with van der Waals surface area (Å²) in [6.45, 7) is 0.369. The number of carboxylic acid groups (broad SMARTS) is 1. The van der Waals surface area contributed by atoms with E-state index in [-0.39, 0.29) is 22.2 Å². The molecule has 1 fully saturated rings. The molecule has 2 N–H and O–H groups in total. The first-order valence-electron chi connectivity index (χ1n) is 8.19. The minimum absolute atomic E-state index is 0.00311. The van der Waals surface area contributed by atoms with Crippen molar-refractivity contribution in [1.82, 2.24) is 0 Å². The summed E-state index contributed by atoms with van der Waals surface area (Å²) in [4.78, 5) is 23.9. The molecule has 2 aromatic carbocycles. The predicted octanol–water partition coefficient (Wildman–Crippen LogP) is 3.90. The third kappa shape index (κ3) is 4.04. The average Bonchev–Trinajstić information content (AvgIpc) is 3.13. The van der Waals surface area contributed by atoms with Crippen molar-refractivity contribution >= 4 is 29.2 Å². The van der Waals surface area contributed by atoms with Crippen molar-refractivity contribution in [2.45, 2.75) is 12.5 Å². The summed E-state index contributed by atoms with van der Waals surface area (Å²) in [5, 5.41) is 11.9. The highest BCUT2D eigenvalue weighted by atomic mass is 35.5. The number of hydrogen-bond acceptors (Lipinski definition) is 4. The van der Waals surface area contributed by atoms with Gasteiger partial charge in [-0.3, -0.25) is 4.79 Å². The number of methoxy groups -OCH3 is 1. The van der Waals surface area contributed by atoms with Crippen LogP contribution in [0.2, 0.25) is 5.02 Å². The lowest BCUT2D eigenvalue weighted by Crippen LogP contribution is -2.25. The normalized spacial score (nSPS) is 18.9. The van der Waals surface area contributed by atoms with Crippen LogP contribution in [0, 0.1) is 11.7 Å². The van der Waals surface area contributed by atoms with Crippen molar-refractivity contribution in [1.29, 1.82) is 0 Å². The number of aromatic carboxylic acids is 1. The van der Waals surface area contributed by atoms with Crippen LogP contribution in [-0.2, 0) is 9.53 Å². The Kier molecular flexibility index (Phi) is 5.62. The topological polar surface area (TPSA) is 84.9 Å². The zero-order valence-corrected chi connectivity index (χ0v) is 15.1. The molecule has 1 saturated heterocycles. The third-order valence-electron chi connectivity index (χ3n) is 4.40. The van der Waals surface area contributed by atoms with Crippen LogP contribution >= 0.6 is 11.6 Å². The van der Waals surface area contributed by atoms with Gasteiger partial charge in [0.2, 0.25) is 5.91 Å². The van der Waals surface area contributed by atoms with Crippen molar-refractivity contribution < 1.29 is 28.6 Å². The van der Waals surface area contributed by atoms with Gasteiger partial charge in [-0.1, -0.05) is 17.7 Å². The number of ether oxygens (including phenoxy) is 2. The van der Waals surface area contributed by atoms with Crippen molar-refractivity contribution in [3.8, 4) is 5.75 Å². The van der Waals surface area contributed by atoms with Gasteiger partial charge in [0.1, 0.15) is 17.1 Å². The lowest BCUT2D eigenvalue weighted by Gasteiger charge is -2.19. The fraction of sp³-hybridized carbons (Fsp3) is 0.263. The first-order chi connectivity index (χ1) is 12.9. The van der Waals surface area contributed by atoms with E-state index in [2.05, 4.69) is 5.32 Å². The van der Waals surface area contributed by atoms with Crippen molar-refractivity contribution in [3.05, 3.63) is 58.4 Å². The summed E-state index contributed by atoms with van der Waals surface area (Å²) in [7, 11) is 1.35. The maximum absolute atomic E-state index is 13.7. The van der Waals surface area contributed by atoms with Gasteiger partial charge >= 0.3 is 5.97 Å². The second-order valence-electron chi connectivity index (χ2n) is 6.07. The van der Waals surface area contributed by atoms with Gasteiger partial charge in [-0.25, -0.2) is 9.18 Å². The average molecular weight is 394 g/mol. The monoisotopic (exact) mass is 393 g/mol. The van der Waals surface area contributed by atoms with Crippen molar-refractivity contribution in [3.63, 3.8) is 0 Å². The summed E-state index contributed by atoms with van der Waals surface area (Å²) >= 11 is 5.71. The fourth-order valence-corrected chi connectivity index (χ4v) is 3.17. The Morgan fingerprint density at radius 2 is 2.07 bits per heavy atom. The summed E-state index contributed by atoms with van der Waals surface area (Å²) in [5.74, 6) is -2.38. The lowest BCUT2D eigenvalue weighted by atomic mass is 9.94. The van der Waals surface area contributed by atoms with Gasteiger partial charge in [-0.05, 0) is 36.2 Å². The van der Waals surface area contributed by atoms with E-state index in [1.807, 2.05) is 0 Å². The van der Waals surface area contributed by atoms with Crippen LogP contribution in [0.3, 0.4) is 0 Å². The Balaban J connectivity index is 1.78. The number of hydrogen-bond donors (Lipinski definition) is 2. The molecule has 2 atom stereocenters. The second kappa shape index (κ2) is 7.94. The molecular weight excluding hydrogens is 377 g/mol. The third-order valence-corrected chi connectivity index (χ3v) is 4.71. The molecule has 0 saturated carbocycles. The first kappa shape index (κ1) is 19.1. The van der Waals surface area contributed by atoms with Crippen LogP contribution < -0.4 is 10.1 Å². The van der Waals surface area contributed by atoms with Gasteiger partial charge in [0, 0.05) is 18.4 Å². The largest absolute Gasteiger partial charge is 0.496 e. The summed E-state index contributed by atoms with van der Waals surface area (Å²) in [5.41, 5.74) is 0.928. The number of rotatable bonds is 5. The molecule has 0 spiro atoms.